The van der Waals surface area contributed by atoms with Gasteiger partial charge in [0.1, 0.15) is 10.8 Å². The SMILES string of the molecule is Cn1c(SCc2nc3ccccc3s2)nnc1C1CCS(=O)(=O)C1. The molecule has 0 radical (unpaired) electrons. The Kier molecular flexibility index (Phi) is 4.09. The number of benzene rings is 1. The van der Waals surface area contributed by atoms with Gasteiger partial charge in [-0.15, -0.1) is 21.5 Å². The highest BCUT2D eigenvalue weighted by Crippen LogP contribution is 2.31. The molecule has 4 rings (SSSR count). The van der Waals surface area contributed by atoms with E-state index in [4.69, 9.17) is 0 Å². The first kappa shape index (κ1) is 16.0. The van der Waals surface area contributed by atoms with Gasteiger partial charge in [-0.05, 0) is 18.6 Å². The lowest BCUT2D eigenvalue weighted by molar-refractivity contribution is 0.599. The predicted octanol–water partition coefficient (Wildman–Crippen LogP) is 2.62. The molecule has 24 heavy (non-hydrogen) atoms. The molecule has 0 spiro atoms. The molecular weight excluding hydrogens is 364 g/mol. The molecule has 9 heteroatoms. The highest BCUT2D eigenvalue weighted by Gasteiger charge is 2.32. The molecule has 0 bridgehead atoms. The number of thiazole rings is 1. The zero-order valence-electron chi connectivity index (χ0n) is 13.0. The number of para-hydroxylation sites is 1. The molecule has 3 heterocycles. The zero-order valence-corrected chi connectivity index (χ0v) is 15.5. The molecular formula is C15H16N4O2S3. The molecule has 1 aliphatic rings. The molecule has 0 N–H and O–H groups in total. The molecule has 0 aliphatic carbocycles. The van der Waals surface area contributed by atoms with Crippen LogP contribution in [0, 0.1) is 0 Å². The summed E-state index contributed by atoms with van der Waals surface area (Å²) in [5.41, 5.74) is 1.02. The van der Waals surface area contributed by atoms with Crippen molar-refractivity contribution in [3.8, 4) is 0 Å². The van der Waals surface area contributed by atoms with E-state index in [9.17, 15) is 8.42 Å². The van der Waals surface area contributed by atoms with Crippen LogP contribution >= 0.6 is 23.1 Å². The minimum Gasteiger partial charge on any atom is -0.309 e. The van der Waals surface area contributed by atoms with Gasteiger partial charge in [-0.2, -0.15) is 0 Å². The van der Waals surface area contributed by atoms with Crippen LogP contribution < -0.4 is 0 Å². The third-order valence-corrected chi connectivity index (χ3v) is 8.15. The summed E-state index contributed by atoms with van der Waals surface area (Å²) in [5, 5.41) is 10.3. The third kappa shape index (κ3) is 3.07. The van der Waals surface area contributed by atoms with E-state index in [0.29, 0.717) is 6.42 Å². The van der Waals surface area contributed by atoms with Crippen molar-refractivity contribution in [3.05, 3.63) is 35.1 Å². The maximum absolute atomic E-state index is 11.7. The van der Waals surface area contributed by atoms with Crippen LogP contribution in [0.1, 0.15) is 23.2 Å². The monoisotopic (exact) mass is 380 g/mol. The van der Waals surface area contributed by atoms with Gasteiger partial charge in [0.25, 0.3) is 0 Å². The number of fused-ring (bicyclic) bond motifs is 1. The minimum absolute atomic E-state index is 0.0377. The van der Waals surface area contributed by atoms with Crippen molar-refractivity contribution >= 4 is 43.2 Å². The molecule has 1 saturated heterocycles. The molecule has 2 aromatic heterocycles. The van der Waals surface area contributed by atoms with Crippen LogP contribution in [0.2, 0.25) is 0 Å². The standard InChI is InChI=1S/C15H16N4O2S3/c1-19-14(10-6-7-24(20,21)9-10)17-18-15(19)22-8-13-16-11-4-2-3-5-12(11)23-13/h2-5,10H,6-9H2,1H3. The molecule has 6 nitrogen and oxygen atoms in total. The molecule has 1 atom stereocenters. The van der Waals surface area contributed by atoms with Crippen molar-refractivity contribution < 1.29 is 8.42 Å². The number of sulfone groups is 1. The average molecular weight is 381 g/mol. The van der Waals surface area contributed by atoms with Gasteiger partial charge in [-0.25, -0.2) is 13.4 Å². The lowest BCUT2D eigenvalue weighted by Gasteiger charge is -2.07. The Morgan fingerprint density at radius 2 is 2.17 bits per heavy atom. The molecule has 1 fully saturated rings. The van der Waals surface area contributed by atoms with E-state index in [0.717, 1.165) is 27.3 Å². The Balaban J connectivity index is 1.49. The highest BCUT2D eigenvalue weighted by molar-refractivity contribution is 7.98. The first-order valence-corrected chi connectivity index (χ1v) is 11.2. The van der Waals surface area contributed by atoms with Gasteiger partial charge < -0.3 is 4.57 Å². The normalized spacial score (nSPS) is 20.0. The van der Waals surface area contributed by atoms with Crippen molar-refractivity contribution in [2.24, 2.45) is 7.05 Å². The lowest BCUT2D eigenvalue weighted by Crippen LogP contribution is -2.09. The van der Waals surface area contributed by atoms with Crippen molar-refractivity contribution in [3.63, 3.8) is 0 Å². The Hall–Kier alpha value is -1.45. The summed E-state index contributed by atoms with van der Waals surface area (Å²) in [5.74, 6) is 1.89. The van der Waals surface area contributed by atoms with E-state index in [1.807, 2.05) is 29.8 Å². The van der Waals surface area contributed by atoms with Gasteiger partial charge in [-0.1, -0.05) is 23.9 Å². The smallest absolute Gasteiger partial charge is 0.191 e. The van der Waals surface area contributed by atoms with Crippen LogP contribution in [-0.4, -0.2) is 39.7 Å². The maximum atomic E-state index is 11.7. The van der Waals surface area contributed by atoms with Crippen LogP contribution in [0.25, 0.3) is 10.2 Å². The largest absolute Gasteiger partial charge is 0.309 e. The second-order valence-electron chi connectivity index (χ2n) is 5.86. The Morgan fingerprint density at radius 3 is 2.92 bits per heavy atom. The second-order valence-corrected chi connectivity index (χ2v) is 10.2. The molecule has 126 valence electrons. The fraction of sp³-hybridized carbons (Fsp3) is 0.400. The first-order valence-electron chi connectivity index (χ1n) is 7.59. The number of nitrogens with zero attached hydrogens (tertiary/aromatic N) is 4. The van der Waals surface area contributed by atoms with Crippen LogP contribution in [0.5, 0.6) is 0 Å². The fourth-order valence-electron chi connectivity index (χ4n) is 2.91. The molecule has 0 saturated carbocycles. The van der Waals surface area contributed by atoms with Gasteiger partial charge in [0.15, 0.2) is 15.0 Å². The van der Waals surface area contributed by atoms with E-state index in [2.05, 4.69) is 21.2 Å². The van der Waals surface area contributed by atoms with E-state index < -0.39 is 9.84 Å². The molecule has 0 amide bonds. The number of thioether (sulfide) groups is 1. The second kappa shape index (κ2) is 6.12. The summed E-state index contributed by atoms with van der Waals surface area (Å²) in [7, 11) is -1.01. The van der Waals surface area contributed by atoms with E-state index >= 15 is 0 Å². The molecule has 3 aromatic rings. The molecule has 1 unspecified atom stereocenters. The van der Waals surface area contributed by atoms with E-state index in [1.165, 1.54) is 4.70 Å². The Bertz CT molecular complexity index is 960. The Labute approximate surface area is 148 Å². The van der Waals surface area contributed by atoms with Crippen LogP contribution in [0.4, 0.5) is 0 Å². The van der Waals surface area contributed by atoms with Crippen LogP contribution in [-0.2, 0) is 22.6 Å². The summed E-state index contributed by atoms with van der Waals surface area (Å²) >= 11 is 3.27. The third-order valence-electron chi connectivity index (χ3n) is 4.13. The van der Waals surface area contributed by atoms with Gasteiger partial charge in [0, 0.05) is 13.0 Å². The zero-order chi connectivity index (χ0) is 16.7. The maximum Gasteiger partial charge on any atom is 0.191 e. The van der Waals surface area contributed by atoms with E-state index in [-0.39, 0.29) is 17.4 Å². The van der Waals surface area contributed by atoms with Crippen molar-refractivity contribution in [1.82, 2.24) is 19.7 Å². The van der Waals surface area contributed by atoms with Crippen molar-refractivity contribution in [2.45, 2.75) is 23.2 Å². The summed E-state index contributed by atoms with van der Waals surface area (Å²) in [6.45, 7) is 0. The van der Waals surface area contributed by atoms with Crippen LogP contribution in [0.15, 0.2) is 29.4 Å². The number of rotatable bonds is 4. The number of aromatic nitrogens is 4. The summed E-state index contributed by atoms with van der Waals surface area (Å²) < 4.78 is 26.4. The van der Waals surface area contributed by atoms with E-state index in [1.54, 1.807) is 23.1 Å². The average Bonchev–Trinajstić information content (AvgIpc) is 3.21. The summed E-state index contributed by atoms with van der Waals surface area (Å²) in [6, 6.07) is 8.09. The van der Waals surface area contributed by atoms with Crippen LogP contribution in [0.3, 0.4) is 0 Å². The molecule has 1 aromatic carbocycles. The highest BCUT2D eigenvalue weighted by atomic mass is 32.2. The van der Waals surface area contributed by atoms with Gasteiger partial charge in [-0.3, -0.25) is 0 Å². The summed E-state index contributed by atoms with van der Waals surface area (Å²) in [4.78, 5) is 4.62. The summed E-state index contributed by atoms with van der Waals surface area (Å²) in [6.07, 6.45) is 0.636. The van der Waals surface area contributed by atoms with Crippen molar-refractivity contribution in [2.75, 3.05) is 11.5 Å². The first-order chi connectivity index (χ1) is 11.5. The number of hydrogen-bond donors (Lipinski definition) is 0. The topological polar surface area (TPSA) is 77.7 Å². The predicted molar refractivity (Wildman–Crippen MR) is 96.2 cm³/mol. The van der Waals surface area contributed by atoms with Gasteiger partial charge in [0.05, 0.1) is 27.5 Å². The van der Waals surface area contributed by atoms with Gasteiger partial charge >= 0.3 is 0 Å². The van der Waals surface area contributed by atoms with Gasteiger partial charge in [0.2, 0.25) is 0 Å². The minimum atomic E-state index is -2.92. The number of hydrogen-bond acceptors (Lipinski definition) is 7. The lowest BCUT2D eigenvalue weighted by atomic mass is 10.1. The fourth-order valence-corrected chi connectivity index (χ4v) is 6.53. The van der Waals surface area contributed by atoms with Crippen molar-refractivity contribution in [1.29, 1.82) is 0 Å². The quantitative estimate of drug-likeness (QED) is 0.648. The Morgan fingerprint density at radius 1 is 1.33 bits per heavy atom. The molecule has 1 aliphatic heterocycles.